The summed E-state index contributed by atoms with van der Waals surface area (Å²) in [7, 11) is 1.91. The van der Waals surface area contributed by atoms with Gasteiger partial charge in [0.1, 0.15) is 13.2 Å². The molecule has 0 saturated heterocycles. The zero-order valence-electron chi connectivity index (χ0n) is 6.24. The molecule has 3 heteroatoms. The number of aromatic nitrogens is 1. The Morgan fingerprint density at radius 2 is 2.64 bits per heavy atom. The van der Waals surface area contributed by atoms with E-state index in [9.17, 15) is 0 Å². The predicted octanol–water partition coefficient (Wildman–Crippen LogP) is 0.949. The monoisotopic (exact) mass is 148 g/mol. The summed E-state index contributed by atoms with van der Waals surface area (Å²) in [5, 5.41) is 0. The van der Waals surface area contributed by atoms with Crippen molar-refractivity contribution in [3.63, 3.8) is 0 Å². The first-order valence-corrected chi connectivity index (χ1v) is 3.43. The lowest BCUT2D eigenvalue weighted by Gasteiger charge is -2.24. The van der Waals surface area contributed by atoms with Crippen molar-refractivity contribution in [1.82, 2.24) is 4.98 Å². The first-order valence-electron chi connectivity index (χ1n) is 3.43. The summed E-state index contributed by atoms with van der Waals surface area (Å²) in [4.78, 5) is 5.98. The van der Waals surface area contributed by atoms with E-state index in [0.717, 1.165) is 11.6 Å². The molecule has 2 rings (SSSR count). The standard InChI is InChI=1S/C8H8N2O/c1-10-5-6-11-7-3-2-4-9-8(7)10/h2-4H,6H2,1H3. The molecule has 11 heavy (non-hydrogen) atoms. The highest BCUT2D eigenvalue weighted by molar-refractivity contribution is 5.54. The second kappa shape index (κ2) is 2.42. The van der Waals surface area contributed by atoms with Crippen molar-refractivity contribution in [2.45, 2.75) is 0 Å². The normalized spacial score (nSPS) is 15.5. The van der Waals surface area contributed by atoms with E-state index in [1.165, 1.54) is 0 Å². The van der Waals surface area contributed by atoms with Gasteiger partial charge in [0.15, 0.2) is 11.6 Å². The second-order valence-corrected chi connectivity index (χ2v) is 2.33. The van der Waals surface area contributed by atoms with Crippen LogP contribution in [0.15, 0.2) is 18.3 Å². The summed E-state index contributed by atoms with van der Waals surface area (Å²) in [6.07, 6.45) is 1.74. The number of rotatable bonds is 0. The third kappa shape index (κ3) is 1.02. The van der Waals surface area contributed by atoms with Gasteiger partial charge < -0.3 is 9.64 Å². The smallest absolute Gasteiger partial charge is 0.171 e. The minimum absolute atomic E-state index is 0.509. The summed E-state index contributed by atoms with van der Waals surface area (Å²) >= 11 is 0. The molecule has 1 aliphatic heterocycles. The van der Waals surface area contributed by atoms with Crippen LogP contribution in [0.5, 0.6) is 5.75 Å². The van der Waals surface area contributed by atoms with Crippen LogP contribution in [0.3, 0.4) is 0 Å². The van der Waals surface area contributed by atoms with Crippen molar-refractivity contribution in [1.29, 1.82) is 0 Å². The van der Waals surface area contributed by atoms with E-state index >= 15 is 0 Å². The maximum Gasteiger partial charge on any atom is 0.171 e. The number of ether oxygens (including phenoxy) is 1. The summed E-state index contributed by atoms with van der Waals surface area (Å²) in [6.45, 7) is 3.50. The zero-order valence-corrected chi connectivity index (χ0v) is 6.24. The Morgan fingerprint density at radius 3 is 3.45 bits per heavy atom. The molecule has 1 aliphatic rings. The average molecular weight is 148 g/mol. The minimum atomic E-state index is 0.509. The van der Waals surface area contributed by atoms with Crippen molar-refractivity contribution in [3.8, 4) is 5.75 Å². The number of pyridine rings is 1. The van der Waals surface area contributed by atoms with Gasteiger partial charge in [0.25, 0.3) is 0 Å². The molecule has 0 atom stereocenters. The lowest BCUT2D eigenvalue weighted by atomic mass is 10.3. The molecule has 0 aromatic carbocycles. The van der Waals surface area contributed by atoms with Crippen LogP contribution in [0.25, 0.3) is 0 Å². The Labute approximate surface area is 65.6 Å². The highest BCUT2D eigenvalue weighted by atomic mass is 16.5. The highest BCUT2D eigenvalue weighted by Gasteiger charge is 2.15. The molecule has 3 nitrogen and oxygen atoms in total. The van der Waals surface area contributed by atoms with Crippen LogP contribution < -0.4 is 9.64 Å². The van der Waals surface area contributed by atoms with E-state index < -0.39 is 0 Å². The summed E-state index contributed by atoms with van der Waals surface area (Å²) in [5.41, 5.74) is 0. The summed E-state index contributed by atoms with van der Waals surface area (Å²) < 4.78 is 5.28. The number of hydrogen-bond donors (Lipinski definition) is 0. The number of hydrogen-bond acceptors (Lipinski definition) is 3. The molecule has 56 valence electrons. The molecular formula is C8H8N2O. The summed E-state index contributed by atoms with van der Waals surface area (Å²) in [5.74, 6) is 1.66. The molecule has 0 saturated carbocycles. The maximum atomic E-state index is 5.28. The van der Waals surface area contributed by atoms with Crippen LogP contribution >= 0.6 is 0 Å². The van der Waals surface area contributed by atoms with Crippen molar-refractivity contribution in [2.75, 3.05) is 18.6 Å². The van der Waals surface area contributed by atoms with Gasteiger partial charge in [0, 0.05) is 13.2 Å². The SMILES string of the molecule is CN1[C]COc2cccnc21. The fourth-order valence-corrected chi connectivity index (χ4v) is 1.03. The van der Waals surface area contributed by atoms with Crippen LogP contribution in [0.1, 0.15) is 0 Å². The molecule has 0 unspecified atom stereocenters. The molecule has 0 amide bonds. The van der Waals surface area contributed by atoms with Gasteiger partial charge >= 0.3 is 0 Å². The molecule has 1 aromatic rings. The maximum absolute atomic E-state index is 5.28. The Balaban J connectivity index is 2.44. The van der Waals surface area contributed by atoms with Crippen LogP contribution in [0.4, 0.5) is 5.82 Å². The first kappa shape index (κ1) is 6.46. The molecular weight excluding hydrogens is 140 g/mol. The Hall–Kier alpha value is -1.25. The van der Waals surface area contributed by atoms with E-state index in [4.69, 9.17) is 4.74 Å². The van der Waals surface area contributed by atoms with E-state index in [2.05, 4.69) is 11.5 Å². The predicted molar refractivity (Wildman–Crippen MR) is 41.4 cm³/mol. The van der Waals surface area contributed by atoms with Crippen LogP contribution in [0.2, 0.25) is 0 Å². The lowest BCUT2D eigenvalue weighted by molar-refractivity contribution is 0.332. The molecule has 0 bridgehead atoms. The third-order valence-corrected chi connectivity index (χ3v) is 1.60. The topological polar surface area (TPSA) is 25.4 Å². The molecule has 0 N–H and O–H groups in total. The Morgan fingerprint density at radius 1 is 1.73 bits per heavy atom. The Bertz CT molecular complexity index is 262. The fraction of sp³-hybridized carbons (Fsp3) is 0.250. The molecule has 1 aromatic heterocycles. The van der Waals surface area contributed by atoms with Gasteiger partial charge in [0.2, 0.25) is 0 Å². The van der Waals surface area contributed by atoms with Gasteiger partial charge in [-0.2, -0.15) is 0 Å². The average Bonchev–Trinajstić information content (AvgIpc) is 2.06. The largest absolute Gasteiger partial charge is 0.487 e. The molecule has 2 heterocycles. The Kier molecular flexibility index (Phi) is 1.42. The highest BCUT2D eigenvalue weighted by Crippen LogP contribution is 2.27. The number of fused-ring (bicyclic) bond motifs is 1. The van der Waals surface area contributed by atoms with E-state index in [-0.39, 0.29) is 0 Å². The van der Waals surface area contributed by atoms with E-state index in [1.807, 2.05) is 24.1 Å². The van der Waals surface area contributed by atoms with Gasteiger partial charge in [-0.1, -0.05) is 0 Å². The second-order valence-electron chi connectivity index (χ2n) is 2.33. The quantitative estimate of drug-likeness (QED) is 0.547. The van der Waals surface area contributed by atoms with Crippen LogP contribution in [0, 0.1) is 6.54 Å². The third-order valence-electron chi connectivity index (χ3n) is 1.60. The molecule has 0 spiro atoms. The van der Waals surface area contributed by atoms with E-state index in [0.29, 0.717) is 6.61 Å². The minimum Gasteiger partial charge on any atom is -0.487 e. The van der Waals surface area contributed by atoms with Gasteiger partial charge in [0.05, 0.1) is 0 Å². The van der Waals surface area contributed by atoms with Crippen molar-refractivity contribution >= 4 is 5.82 Å². The number of likely N-dealkylation sites (N-methyl/N-ethyl adjacent to an activating group) is 1. The zero-order chi connectivity index (χ0) is 7.68. The van der Waals surface area contributed by atoms with Gasteiger partial charge in [-0.15, -0.1) is 0 Å². The first-order chi connectivity index (χ1) is 5.38. The molecule has 0 aliphatic carbocycles. The number of nitrogens with zero attached hydrogens (tertiary/aromatic N) is 2. The lowest BCUT2D eigenvalue weighted by Crippen LogP contribution is -2.24. The van der Waals surface area contributed by atoms with E-state index in [1.54, 1.807) is 6.20 Å². The summed E-state index contributed by atoms with van der Waals surface area (Å²) in [6, 6.07) is 3.76. The van der Waals surface area contributed by atoms with Crippen molar-refractivity contribution in [2.24, 2.45) is 0 Å². The van der Waals surface area contributed by atoms with Crippen molar-refractivity contribution < 1.29 is 4.74 Å². The van der Waals surface area contributed by atoms with Gasteiger partial charge in [-0.25, -0.2) is 4.98 Å². The van der Waals surface area contributed by atoms with Crippen molar-refractivity contribution in [3.05, 3.63) is 24.9 Å². The van der Waals surface area contributed by atoms with Crippen LogP contribution in [-0.4, -0.2) is 18.6 Å². The number of anilines is 1. The van der Waals surface area contributed by atoms with Crippen LogP contribution in [-0.2, 0) is 0 Å². The molecule has 2 radical (unpaired) electrons. The van der Waals surface area contributed by atoms with Gasteiger partial charge in [-0.3, -0.25) is 0 Å². The van der Waals surface area contributed by atoms with Gasteiger partial charge in [-0.05, 0) is 12.1 Å². The fourth-order valence-electron chi connectivity index (χ4n) is 1.03. The molecule has 0 fully saturated rings.